The SMILES string of the molecule is CCN(Cc1csc(CN)n1)C(C)COC. The third-order valence-corrected chi connectivity index (χ3v) is 3.50. The van der Waals surface area contributed by atoms with Gasteiger partial charge >= 0.3 is 0 Å². The summed E-state index contributed by atoms with van der Waals surface area (Å²) in [6, 6.07) is 0.415. The van der Waals surface area contributed by atoms with Crippen LogP contribution in [0.4, 0.5) is 0 Å². The number of likely N-dealkylation sites (N-methyl/N-ethyl adjacent to an activating group) is 1. The highest BCUT2D eigenvalue weighted by atomic mass is 32.1. The Morgan fingerprint density at radius 3 is 2.88 bits per heavy atom. The van der Waals surface area contributed by atoms with E-state index in [9.17, 15) is 0 Å². The van der Waals surface area contributed by atoms with E-state index in [1.807, 2.05) is 0 Å². The molecular weight excluding hydrogens is 222 g/mol. The lowest BCUT2D eigenvalue weighted by Gasteiger charge is -2.26. The molecule has 2 N–H and O–H groups in total. The number of methoxy groups -OCH3 is 1. The molecule has 1 atom stereocenters. The molecule has 0 saturated heterocycles. The number of aromatic nitrogens is 1. The Hall–Kier alpha value is -0.490. The molecule has 0 saturated carbocycles. The van der Waals surface area contributed by atoms with E-state index in [2.05, 4.69) is 29.1 Å². The summed E-state index contributed by atoms with van der Waals surface area (Å²) in [4.78, 5) is 6.82. The van der Waals surface area contributed by atoms with Crippen molar-refractivity contribution in [1.29, 1.82) is 0 Å². The second kappa shape index (κ2) is 6.96. The van der Waals surface area contributed by atoms with E-state index in [0.717, 1.165) is 30.4 Å². The number of nitrogens with two attached hydrogens (primary N) is 1. The zero-order valence-corrected chi connectivity index (χ0v) is 11.1. The molecule has 0 aliphatic carbocycles. The van der Waals surface area contributed by atoms with Crippen molar-refractivity contribution in [2.75, 3.05) is 20.3 Å². The highest BCUT2D eigenvalue weighted by Crippen LogP contribution is 2.12. The van der Waals surface area contributed by atoms with Crippen LogP contribution in [0.2, 0.25) is 0 Å². The molecule has 16 heavy (non-hydrogen) atoms. The maximum Gasteiger partial charge on any atom is 0.106 e. The summed E-state index contributed by atoms with van der Waals surface area (Å²) < 4.78 is 5.17. The minimum Gasteiger partial charge on any atom is -0.383 e. The second-order valence-corrected chi connectivity index (χ2v) is 4.75. The van der Waals surface area contributed by atoms with Crippen molar-refractivity contribution in [3.63, 3.8) is 0 Å². The van der Waals surface area contributed by atoms with Crippen LogP contribution in [0.5, 0.6) is 0 Å². The van der Waals surface area contributed by atoms with Crippen LogP contribution in [0, 0.1) is 0 Å². The molecule has 1 aromatic heterocycles. The quantitative estimate of drug-likeness (QED) is 0.787. The molecule has 0 spiro atoms. The molecule has 0 aliphatic rings. The van der Waals surface area contributed by atoms with Crippen LogP contribution in [0.3, 0.4) is 0 Å². The number of thiazole rings is 1. The first-order chi connectivity index (χ1) is 7.71. The van der Waals surface area contributed by atoms with Gasteiger partial charge in [-0.2, -0.15) is 0 Å². The summed E-state index contributed by atoms with van der Waals surface area (Å²) in [6.45, 7) is 7.48. The monoisotopic (exact) mass is 243 g/mol. The number of ether oxygens (including phenoxy) is 1. The van der Waals surface area contributed by atoms with Crippen LogP contribution in [-0.2, 0) is 17.8 Å². The summed E-state index contributed by atoms with van der Waals surface area (Å²) in [6.07, 6.45) is 0. The number of nitrogens with zero attached hydrogens (tertiary/aromatic N) is 2. The molecule has 1 aromatic rings. The Morgan fingerprint density at radius 1 is 1.62 bits per heavy atom. The molecule has 1 unspecified atom stereocenters. The van der Waals surface area contributed by atoms with Gasteiger partial charge < -0.3 is 10.5 Å². The smallest absolute Gasteiger partial charge is 0.106 e. The van der Waals surface area contributed by atoms with Gasteiger partial charge in [0.2, 0.25) is 0 Å². The Morgan fingerprint density at radius 2 is 2.38 bits per heavy atom. The van der Waals surface area contributed by atoms with E-state index in [0.29, 0.717) is 12.6 Å². The van der Waals surface area contributed by atoms with Crippen molar-refractivity contribution in [3.05, 3.63) is 16.1 Å². The van der Waals surface area contributed by atoms with Crippen LogP contribution in [0.25, 0.3) is 0 Å². The third-order valence-electron chi connectivity index (χ3n) is 2.58. The maximum absolute atomic E-state index is 5.55. The van der Waals surface area contributed by atoms with Crippen LogP contribution in [0.15, 0.2) is 5.38 Å². The first-order valence-corrected chi connectivity index (χ1v) is 6.45. The van der Waals surface area contributed by atoms with Gasteiger partial charge in [-0.05, 0) is 13.5 Å². The second-order valence-electron chi connectivity index (χ2n) is 3.80. The molecule has 1 heterocycles. The zero-order chi connectivity index (χ0) is 12.0. The summed E-state index contributed by atoms with van der Waals surface area (Å²) in [5.41, 5.74) is 6.65. The summed E-state index contributed by atoms with van der Waals surface area (Å²) in [5.74, 6) is 0. The molecule has 0 aromatic carbocycles. The predicted octanol–water partition coefficient (Wildman–Crippen LogP) is 1.46. The van der Waals surface area contributed by atoms with Gasteiger partial charge in [-0.1, -0.05) is 6.92 Å². The molecule has 5 heteroatoms. The van der Waals surface area contributed by atoms with Gasteiger partial charge in [0.15, 0.2) is 0 Å². The average molecular weight is 243 g/mol. The van der Waals surface area contributed by atoms with Crippen molar-refractivity contribution in [3.8, 4) is 0 Å². The Kier molecular flexibility index (Phi) is 5.90. The van der Waals surface area contributed by atoms with Crippen molar-refractivity contribution in [2.24, 2.45) is 5.73 Å². The molecule has 0 radical (unpaired) electrons. The highest BCUT2D eigenvalue weighted by Gasteiger charge is 2.13. The molecule has 0 aliphatic heterocycles. The largest absolute Gasteiger partial charge is 0.383 e. The topological polar surface area (TPSA) is 51.4 Å². The Balaban J connectivity index is 2.55. The minimum absolute atomic E-state index is 0.415. The maximum atomic E-state index is 5.55. The Bertz CT molecular complexity index is 303. The lowest BCUT2D eigenvalue weighted by atomic mass is 10.3. The van der Waals surface area contributed by atoms with E-state index in [4.69, 9.17) is 10.5 Å². The van der Waals surface area contributed by atoms with Crippen molar-refractivity contribution in [2.45, 2.75) is 33.0 Å². The lowest BCUT2D eigenvalue weighted by molar-refractivity contribution is 0.0975. The van der Waals surface area contributed by atoms with Gasteiger partial charge in [0.05, 0.1) is 12.3 Å². The van der Waals surface area contributed by atoms with Crippen molar-refractivity contribution >= 4 is 11.3 Å². The molecule has 0 amide bonds. The van der Waals surface area contributed by atoms with Gasteiger partial charge in [0.1, 0.15) is 5.01 Å². The van der Waals surface area contributed by atoms with E-state index < -0.39 is 0 Å². The summed E-state index contributed by atoms with van der Waals surface area (Å²) in [5, 5.41) is 3.09. The Labute approximate surface area is 101 Å². The van der Waals surface area contributed by atoms with Gasteiger partial charge in [-0.3, -0.25) is 4.90 Å². The fourth-order valence-corrected chi connectivity index (χ4v) is 2.31. The van der Waals surface area contributed by atoms with Crippen LogP contribution < -0.4 is 5.73 Å². The fraction of sp³-hybridized carbons (Fsp3) is 0.727. The normalized spacial score (nSPS) is 13.3. The van der Waals surface area contributed by atoms with E-state index >= 15 is 0 Å². The summed E-state index contributed by atoms with van der Waals surface area (Å²) in [7, 11) is 1.74. The van der Waals surface area contributed by atoms with Crippen molar-refractivity contribution < 1.29 is 4.74 Å². The summed E-state index contributed by atoms with van der Waals surface area (Å²) >= 11 is 1.63. The van der Waals surface area contributed by atoms with E-state index in [1.54, 1.807) is 18.4 Å². The third kappa shape index (κ3) is 3.83. The zero-order valence-electron chi connectivity index (χ0n) is 10.3. The molecule has 4 nitrogen and oxygen atoms in total. The molecule has 92 valence electrons. The number of rotatable bonds is 7. The van der Waals surface area contributed by atoms with Gasteiger partial charge in [0, 0.05) is 31.6 Å². The van der Waals surface area contributed by atoms with Crippen LogP contribution in [-0.4, -0.2) is 36.2 Å². The van der Waals surface area contributed by atoms with E-state index in [-0.39, 0.29) is 0 Å². The number of hydrogen-bond donors (Lipinski definition) is 1. The molecule has 0 bridgehead atoms. The number of hydrogen-bond acceptors (Lipinski definition) is 5. The van der Waals surface area contributed by atoms with Gasteiger partial charge in [-0.25, -0.2) is 4.98 Å². The highest BCUT2D eigenvalue weighted by molar-refractivity contribution is 7.09. The first kappa shape index (κ1) is 13.6. The van der Waals surface area contributed by atoms with Crippen LogP contribution in [0.1, 0.15) is 24.5 Å². The first-order valence-electron chi connectivity index (χ1n) is 5.57. The molecular formula is C11H21N3OS. The molecule has 0 fully saturated rings. The fourth-order valence-electron chi connectivity index (χ4n) is 1.65. The average Bonchev–Trinajstić information content (AvgIpc) is 2.73. The van der Waals surface area contributed by atoms with Crippen molar-refractivity contribution in [1.82, 2.24) is 9.88 Å². The standard InChI is InChI=1S/C11H21N3OS/c1-4-14(9(2)7-15-3)6-10-8-16-11(5-12)13-10/h8-9H,4-7,12H2,1-3H3. The minimum atomic E-state index is 0.415. The van der Waals surface area contributed by atoms with Gasteiger partial charge in [0.25, 0.3) is 0 Å². The van der Waals surface area contributed by atoms with Gasteiger partial charge in [-0.15, -0.1) is 11.3 Å². The predicted molar refractivity (Wildman–Crippen MR) is 67.4 cm³/mol. The molecule has 1 rings (SSSR count). The van der Waals surface area contributed by atoms with Crippen LogP contribution >= 0.6 is 11.3 Å². The lowest BCUT2D eigenvalue weighted by Crippen LogP contribution is -2.35. The van der Waals surface area contributed by atoms with E-state index in [1.165, 1.54) is 0 Å².